The molecule has 1 N–H and O–H groups in total. The van der Waals surface area contributed by atoms with Gasteiger partial charge in [0, 0.05) is 6.54 Å². The van der Waals surface area contributed by atoms with E-state index in [-0.39, 0.29) is 18.2 Å². The molecule has 1 fully saturated rings. The molecule has 1 aliphatic heterocycles. The van der Waals surface area contributed by atoms with Crippen molar-refractivity contribution in [3.63, 3.8) is 0 Å². The van der Waals surface area contributed by atoms with Crippen molar-refractivity contribution >= 4 is 10.8 Å². The summed E-state index contributed by atoms with van der Waals surface area (Å²) in [5.41, 5.74) is -2.15. The lowest BCUT2D eigenvalue weighted by Gasteiger charge is -2.35. The SMILES string of the molecule is C[C@@H](OC1OCCNC1c1ccc2ccccc2c1)c1cc(C(F)(F)F)cc(C(F)(F)F)c1. The summed E-state index contributed by atoms with van der Waals surface area (Å²) in [6.45, 7) is 2.22. The molecule has 176 valence electrons. The first-order valence-electron chi connectivity index (χ1n) is 10.3. The summed E-state index contributed by atoms with van der Waals surface area (Å²) < 4.78 is 90.9. The molecule has 3 atom stereocenters. The molecule has 4 rings (SSSR count). The zero-order valence-corrected chi connectivity index (χ0v) is 17.5. The van der Waals surface area contributed by atoms with Crippen LogP contribution in [0.15, 0.2) is 60.7 Å². The highest BCUT2D eigenvalue weighted by Crippen LogP contribution is 2.39. The standard InChI is InChI=1S/C24H21F6NO2/c1-14(18-11-19(23(25,26)27)13-20(12-18)24(28,29)30)33-22-21(31-8-9-32-22)17-7-6-15-4-2-3-5-16(15)10-17/h2-7,10-14,21-22,31H,8-9H2,1H3/t14-,21?,22?/m1/s1. The summed E-state index contributed by atoms with van der Waals surface area (Å²) >= 11 is 0. The van der Waals surface area contributed by atoms with E-state index in [1.165, 1.54) is 6.92 Å². The third kappa shape index (κ3) is 5.31. The molecule has 1 saturated heterocycles. The lowest BCUT2D eigenvalue weighted by Crippen LogP contribution is -2.43. The van der Waals surface area contributed by atoms with Gasteiger partial charge in [-0.05, 0) is 53.1 Å². The number of ether oxygens (including phenoxy) is 2. The van der Waals surface area contributed by atoms with E-state index in [1.807, 2.05) is 42.5 Å². The summed E-state index contributed by atoms with van der Waals surface area (Å²) in [6.07, 6.45) is -11.8. The Morgan fingerprint density at radius 2 is 1.52 bits per heavy atom. The second-order valence-electron chi connectivity index (χ2n) is 7.90. The molecule has 3 aromatic rings. The Balaban J connectivity index is 1.62. The Labute approximate surface area is 186 Å². The number of fused-ring (bicyclic) bond motifs is 1. The number of benzene rings is 3. The average molecular weight is 469 g/mol. The number of nitrogens with one attached hydrogen (secondary N) is 1. The molecule has 3 nitrogen and oxygen atoms in total. The highest BCUT2D eigenvalue weighted by molar-refractivity contribution is 5.83. The Morgan fingerprint density at radius 3 is 2.15 bits per heavy atom. The Kier molecular flexibility index (Phi) is 6.39. The van der Waals surface area contributed by atoms with Gasteiger partial charge in [-0.15, -0.1) is 0 Å². The largest absolute Gasteiger partial charge is 0.416 e. The summed E-state index contributed by atoms with van der Waals surface area (Å²) in [7, 11) is 0. The molecule has 0 saturated carbocycles. The molecule has 0 radical (unpaired) electrons. The number of morpholine rings is 1. The Bertz CT molecular complexity index is 1100. The van der Waals surface area contributed by atoms with Crippen molar-refractivity contribution in [2.75, 3.05) is 13.2 Å². The lowest BCUT2D eigenvalue weighted by atomic mass is 10.00. The van der Waals surface area contributed by atoms with Gasteiger partial charge in [0.05, 0.1) is 29.9 Å². The van der Waals surface area contributed by atoms with Crippen LogP contribution in [0.5, 0.6) is 0 Å². The van der Waals surface area contributed by atoms with Gasteiger partial charge < -0.3 is 14.8 Å². The molecule has 33 heavy (non-hydrogen) atoms. The maximum Gasteiger partial charge on any atom is 0.416 e. The van der Waals surface area contributed by atoms with Crippen molar-refractivity contribution in [1.29, 1.82) is 0 Å². The zero-order chi connectivity index (χ0) is 23.8. The number of hydrogen-bond donors (Lipinski definition) is 1. The number of rotatable bonds is 4. The quantitative estimate of drug-likeness (QED) is 0.435. The van der Waals surface area contributed by atoms with Crippen LogP contribution in [0.25, 0.3) is 10.8 Å². The van der Waals surface area contributed by atoms with E-state index in [0.29, 0.717) is 18.7 Å². The van der Waals surface area contributed by atoms with E-state index in [0.717, 1.165) is 16.3 Å². The highest BCUT2D eigenvalue weighted by Gasteiger charge is 2.38. The molecule has 9 heteroatoms. The predicted octanol–water partition coefficient (Wildman–Crippen LogP) is 6.64. The van der Waals surface area contributed by atoms with Gasteiger partial charge in [-0.25, -0.2) is 0 Å². The van der Waals surface area contributed by atoms with Crippen LogP contribution in [0, 0.1) is 0 Å². The van der Waals surface area contributed by atoms with Gasteiger partial charge in [-0.3, -0.25) is 0 Å². The summed E-state index contributed by atoms with van der Waals surface area (Å²) in [4.78, 5) is 0. The molecule has 0 bridgehead atoms. The van der Waals surface area contributed by atoms with Crippen molar-refractivity contribution in [2.24, 2.45) is 0 Å². The Morgan fingerprint density at radius 1 is 0.879 bits per heavy atom. The van der Waals surface area contributed by atoms with E-state index in [9.17, 15) is 26.3 Å². The van der Waals surface area contributed by atoms with E-state index in [4.69, 9.17) is 9.47 Å². The van der Waals surface area contributed by atoms with Crippen molar-refractivity contribution < 1.29 is 35.8 Å². The van der Waals surface area contributed by atoms with Gasteiger partial charge in [0.15, 0.2) is 6.29 Å². The fourth-order valence-electron chi connectivity index (χ4n) is 3.87. The Hall–Kier alpha value is -2.62. The predicted molar refractivity (Wildman–Crippen MR) is 110 cm³/mol. The molecule has 0 amide bonds. The third-order valence-electron chi connectivity index (χ3n) is 5.57. The topological polar surface area (TPSA) is 30.5 Å². The van der Waals surface area contributed by atoms with Crippen molar-refractivity contribution in [2.45, 2.75) is 37.7 Å². The molecule has 2 unspecified atom stereocenters. The molecular formula is C24H21F6NO2. The van der Waals surface area contributed by atoms with Gasteiger partial charge in [-0.1, -0.05) is 36.4 Å². The number of hydrogen-bond acceptors (Lipinski definition) is 3. The minimum atomic E-state index is -4.92. The first-order chi connectivity index (χ1) is 15.5. The monoisotopic (exact) mass is 469 g/mol. The fourth-order valence-corrected chi connectivity index (χ4v) is 3.87. The summed E-state index contributed by atoms with van der Waals surface area (Å²) in [5, 5.41) is 5.29. The van der Waals surface area contributed by atoms with E-state index < -0.39 is 41.9 Å². The van der Waals surface area contributed by atoms with Crippen LogP contribution in [0.4, 0.5) is 26.3 Å². The number of halogens is 6. The van der Waals surface area contributed by atoms with Crippen LogP contribution in [-0.2, 0) is 21.8 Å². The van der Waals surface area contributed by atoms with E-state index in [1.54, 1.807) is 0 Å². The van der Waals surface area contributed by atoms with E-state index in [2.05, 4.69) is 5.32 Å². The maximum atomic E-state index is 13.2. The van der Waals surface area contributed by atoms with Gasteiger partial charge in [0.2, 0.25) is 0 Å². The first kappa shape index (κ1) is 23.5. The lowest BCUT2D eigenvalue weighted by molar-refractivity contribution is -0.200. The molecular weight excluding hydrogens is 448 g/mol. The minimum absolute atomic E-state index is 0.104. The van der Waals surface area contributed by atoms with Crippen LogP contribution >= 0.6 is 0 Å². The fraction of sp³-hybridized carbons (Fsp3) is 0.333. The normalized spacial score (nSPS) is 20.7. The summed E-state index contributed by atoms with van der Waals surface area (Å²) in [6, 6.07) is 14.5. The molecule has 0 spiro atoms. The van der Waals surface area contributed by atoms with Gasteiger partial charge in [-0.2, -0.15) is 26.3 Å². The van der Waals surface area contributed by atoms with Crippen LogP contribution in [-0.4, -0.2) is 19.4 Å². The summed E-state index contributed by atoms with van der Waals surface area (Å²) in [5.74, 6) is 0. The molecule has 1 heterocycles. The molecule has 0 aliphatic carbocycles. The average Bonchev–Trinajstić information content (AvgIpc) is 2.77. The van der Waals surface area contributed by atoms with Crippen LogP contribution in [0.3, 0.4) is 0 Å². The third-order valence-corrected chi connectivity index (χ3v) is 5.57. The zero-order valence-electron chi connectivity index (χ0n) is 17.5. The second-order valence-corrected chi connectivity index (χ2v) is 7.90. The minimum Gasteiger partial charge on any atom is -0.349 e. The van der Waals surface area contributed by atoms with Crippen LogP contribution in [0.1, 0.15) is 41.3 Å². The van der Waals surface area contributed by atoms with Crippen LogP contribution < -0.4 is 5.32 Å². The smallest absolute Gasteiger partial charge is 0.349 e. The second kappa shape index (κ2) is 8.96. The van der Waals surface area contributed by atoms with Crippen molar-refractivity contribution in [1.82, 2.24) is 5.32 Å². The van der Waals surface area contributed by atoms with Crippen molar-refractivity contribution in [3.05, 3.63) is 82.9 Å². The highest BCUT2D eigenvalue weighted by atomic mass is 19.4. The number of alkyl halides is 6. The first-order valence-corrected chi connectivity index (χ1v) is 10.3. The van der Waals surface area contributed by atoms with Gasteiger partial charge in [0.25, 0.3) is 0 Å². The van der Waals surface area contributed by atoms with Crippen LogP contribution in [0.2, 0.25) is 0 Å². The molecule has 3 aromatic carbocycles. The maximum absolute atomic E-state index is 13.2. The van der Waals surface area contributed by atoms with E-state index >= 15 is 0 Å². The molecule has 0 aromatic heterocycles. The molecule has 1 aliphatic rings. The van der Waals surface area contributed by atoms with Gasteiger partial charge in [0.1, 0.15) is 0 Å². The van der Waals surface area contributed by atoms with Gasteiger partial charge >= 0.3 is 12.4 Å². The van der Waals surface area contributed by atoms with Crippen molar-refractivity contribution in [3.8, 4) is 0 Å².